The molecule has 2 amide bonds. The average molecular weight is 324 g/mol. The summed E-state index contributed by atoms with van der Waals surface area (Å²) in [7, 11) is 0. The van der Waals surface area contributed by atoms with Crippen molar-refractivity contribution in [2.75, 3.05) is 0 Å². The van der Waals surface area contributed by atoms with E-state index >= 15 is 0 Å². The number of carbonyl (C=O) groups excluding carboxylic acids is 2. The predicted molar refractivity (Wildman–Crippen MR) is 90.2 cm³/mol. The smallest absolute Gasteiger partial charge is 0.407 e. The number of nitrogens with one attached hydrogen (secondary N) is 2. The maximum absolute atomic E-state index is 12.1. The lowest BCUT2D eigenvalue weighted by Gasteiger charge is -2.21. The molecule has 3 rings (SSSR count). The van der Waals surface area contributed by atoms with E-state index in [4.69, 9.17) is 4.74 Å². The molecule has 0 radical (unpaired) electrons. The summed E-state index contributed by atoms with van der Waals surface area (Å²) in [6.07, 6.45) is -0.265. The highest BCUT2D eigenvalue weighted by atomic mass is 16.5. The monoisotopic (exact) mass is 324 g/mol. The van der Waals surface area contributed by atoms with E-state index in [1.807, 2.05) is 61.5 Å². The minimum absolute atomic E-state index is 0.0726. The Balaban J connectivity index is 1.63. The first-order chi connectivity index (χ1) is 11.6. The zero-order chi connectivity index (χ0) is 16.9. The first-order valence-corrected chi connectivity index (χ1v) is 7.95. The standard InChI is InChI=1S/C19H20N2O3/c1-13-7-5-6-10-15(13)18-16(11-17(22)21-18)20-19(23)24-12-14-8-3-2-4-9-14/h2-10,16,18H,11-12H2,1H3,(H,20,23)(H,21,22)/t16-,18?/m0/s1. The molecule has 0 bridgehead atoms. The third-order valence-electron chi connectivity index (χ3n) is 4.16. The Hall–Kier alpha value is -2.82. The SMILES string of the molecule is Cc1ccccc1C1NC(=O)C[C@@H]1NC(=O)OCc1ccccc1. The van der Waals surface area contributed by atoms with Crippen molar-refractivity contribution in [2.45, 2.75) is 32.0 Å². The zero-order valence-corrected chi connectivity index (χ0v) is 13.5. The van der Waals surface area contributed by atoms with Crippen LogP contribution in [0, 0.1) is 6.92 Å². The van der Waals surface area contributed by atoms with Gasteiger partial charge in [0.1, 0.15) is 6.61 Å². The molecule has 1 unspecified atom stereocenters. The van der Waals surface area contributed by atoms with E-state index in [2.05, 4.69) is 10.6 Å². The first kappa shape index (κ1) is 16.1. The lowest BCUT2D eigenvalue weighted by molar-refractivity contribution is -0.119. The molecule has 2 atom stereocenters. The maximum atomic E-state index is 12.1. The molecule has 5 heteroatoms. The molecule has 0 spiro atoms. The van der Waals surface area contributed by atoms with Gasteiger partial charge < -0.3 is 15.4 Å². The van der Waals surface area contributed by atoms with Crippen molar-refractivity contribution in [3.63, 3.8) is 0 Å². The van der Waals surface area contributed by atoms with Crippen LogP contribution in [-0.2, 0) is 16.1 Å². The van der Waals surface area contributed by atoms with E-state index < -0.39 is 6.09 Å². The topological polar surface area (TPSA) is 67.4 Å². The van der Waals surface area contributed by atoms with Gasteiger partial charge in [-0.25, -0.2) is 4.79 Å². The second-order valence-corrected chi connectivity index (χ2v) is 5.92. The molecule has 5 nitrogen and oxygen atoms in total. The molecule has 1 aliphatic rings. The molecular weight excluding hydrogens is 304 g/mol. The van der Waals surface area contributed by atoms with Crippen molar-refractivity contribution in [1.29, 1.82) is 0 Å². The zero-order valence-electron chi connectivity index (χ0n) is 13.5. The highest BCUT2D eigenvalue weighted by molar-refractivity contribution is 5.81. The highest BCUT2D eigenvalue weighted by Gasteiger charge is 2.35. The molecule has 1 fully saturated rings. The normalized spacial score (nSPS) is 19.6. The number of amides is 2. The van der Waals surface area contributed by atoms with Crippen molar-refractivity contribution in [2.24, 2.45) is 0 Å². The molecule has 0 aliphatic carbocycles. The van der Waals surface area contributed by atoms with Crippen molar-refractivity contribution < 1.29 is 14.3 Å². The summed E-state index contributed by atoms with van der Waals surface area (Å²) in [5.74, 6) is -0.0726. The largest absolute Gasteiger partial charge is 0.445 e. The average Bonchev–Trinajstić information content (AvgIpc) is 2.94. The minimum Gasteiger partial charge on any atom is -0.445 e. The molecule has 1 heterocycles. The molecule has 2 aromatic rings. The summed E-state index contributed by atoms with van der Waals surface area (Å²) in [4.78, 5) is 23.9. The van der Waals surface area contributed by atoms with Crippen LogP contribution in [0.4, 0.5) is 4.79 Å². The van der Waals surface area contributed by atoms with Crippen molar-refractivity contribution >= 4 is 12.0 Å². The fraction of sp³-hybridized carbons (Fsp3) is 0.263. The molecule has 124 valence electrons. The number of rotatable bonds is 4. The Morgan fingerprint density at radius 1 is 1.17 bits per heavy atom. The van der Waals surface area contributed by atoms with Crippen molar-refractivity contribution in [3.8, 4) is 0 Å². The van der Waals surface area contributed by atoms with Crippen LogP contribution in [0.1, 0.15) is 29.2 Å². The van der Waals surface area contributed by atoms with Crippen LogP contribution in [0.2, 0.25) is 0 Å². The summed E-state index contributed by atoms with van der Waals surface area (Å²) in [6, 6.07) is 16.8. The molecule has 1 aliphatic heterocycles. The summed E-state index contributed by atoms with van der Waals surface area (Å²) in [5.41, 5.74) is 3.01. The quantitative estimate of drug-likeness (QED) is 0.909. The fourth-order valence-corrected chi connectivity index (χ4v) is 2.93. The Bertz CT molecular complexity index is 730. The number of ether oxygens (including phenoxy) is 1. The lowest BCUT2D eigenvalue weighted by atomic mass is 9.97. The highest BCUT2D eigenvalue weighted by Crippen LogP contribution is 2.27. The molecule has 2 N–H and O–H groups in total. The van der Waals surface area contributed by atoms with E-state index in [0.29, 0.717) is 0 Å². The molecule has 24 heavy (non-hydrogen) atoms. The molecule has 0 aromatic heterocycles. The van der Waals surface area contributed by atoms with Gasteiger partial charge in [-0.05, 0) is 23.6 Å². The summed E-state index contributed by atoms with van der Waals surface area (Å²) in [5, 5.41) is 5.74. The molecule has 0 saturated carbocycles. The Morgan fingerprint density at radius 2 is 1.88 bits per heavy atom. The van der Waals surface area contributed by atoms with Crippen LogP contribution >= 0.6 is 0 Å². The van der Waals surface area contributed by atoms with Crippen LogP contribution in [0.3, 0.4) is 0 Å². The third kappa shape index (κ3) is 3.74. The van der Waals surface area contributed by atoms with E-state index in [-0.39, 0.29) is 31.0 Å². The van der Waals surface area contributed by atoms with Crippen LogP contribution < -0.4 is 10.6 Å². The van der Waals surface area contributed by atoms with E-state index in [1.54, 1.807) is 0 Å². The number of aryl methyl sites for hydroxylation is 1. The van der Waals surface area contributed by atoms with E-state index in [0.717, 1.165) is 16.7 Å². The number of hydrogen-bond donors (Lipinski definition) is 2. The van der Waals surface area contributed by atoms with Crippen LogP contribution in [0.5, 0.6) is 0 Å². The number of benzene rings is 2. The predicted octanol–water partition coefficient (Wildman–Crippen LogP) is 2.85. The van der Waals surface area contributed by atoms with Crippen LogP contribution in [-0.4, -0.2) is 18.0 Å². The van der Waals surface area contributed by atoms with Crippen LogP contribution in [0.25, 0.3) is 0 Å². The van der Waals surface area contributed by atoms with Gasteiger partial charge in [0.15, 0.2) is 0 Å². The molecule has 1 saturated heterocycles. The maximum Gasteiger partial charge on any atom is 0.407 e. The molecule has 2 aromatic carbocycles. The Kier molecular flexibility index (Phi) is 4.79. The van der Waals surface area contributed by atoms with Gasteiger partial charge in [0.25, 0.3) is 0 Å². The number of alkyl carbamates (subject to hydrolysis) is 1. The van der Waals surface area contributed by atoms with Gasteiger partial charge in [0.05, 0.1) is 12.1 Å². The summed E-state index contributed by atoms with van der Waals surface area (Å²) < 4.78 is 5.25. The minimum atomic E-state index is -0.515. The van der Waals surface area contributed by atoms with Gasteiger partial charge >= 0.3 is 6.09 Å². The fourth-order valence-electron chi connectivity index (χ4n) is 2.93. The van der Waals surface area contributed by atoms with Crippen molar-refractivity contribution in [3.05, 3.63) is 71.3 Å². The van der Waals surface area contributed by atoms with Gasteiger partial charge in [0, 0.05) is 6.42 Å². The van der Waals surface area contributed by atoms with Gasteiger partial charge in [-0.1, -0.05) is 54.6 Å². The van der Waals surface area contributed by atoms with Gasteiger partial charge in [-0.3, -0.25) is 4.79 Å². The van der Waals surface area contributed by atoms with Gasteiger partial charge in [-0.15, -0.1) is 0 Å². The van der Waals surface area contributed by atoms with E-state index in [1.165, 1.54) is 0 Å². The van der Waals surface area contributed by atoms with Gasteiger partial charge in [-0.2, -0.15) is 0 Å². The number of carbonyl (C=O) groups is 2. The van der Waals surface area contributed by atoms with Gasteiger partial charge in [0.2, 0.25) is 5.91 Å². The summed E-state index contributed by atoms with van der Waals surface area (Å²) >= 11 is 0. The number of hydrogen-bond acceptors (Lipinski definition) is 3. The lowest BCUT2D eigenvalue weighted by Crippen LogP contribution is -2.39. The first-order valence-electron chi connectivity index (χ1n) is 7.95. The second kappa shape index (κ2) is 7.17. The van der Waals surface area contributed by atoms with Crippen LogP contribution in [0.15, 0.2) is 54.6 Å². The molecular formula is C19H20N2O3. The summed E-state index contributed by atoms with van der Waals surface area (Å²) in [6.45, 7) is 2.19. The van der Waals surface area contributed by atoms with E-state index in [9.17, 15) is 9.59 Å². The Morgan fingerprint density at radius 3 is 2.62 bits per heavy atom. The second-order valence-electron chi connectivity index (χ2n) is 5.92. The third-order valence-corrected chi connectivity index (χ3v) is 4.16. The Labute approximate surface area is 141 Å². The van der Waals surface area contributed by atoms with Crippen molar-refractivity contribution in [1.82, 2.24) is 10.6 Å².